The van der Waals surface area contributed by atoms with Crippen LogP contribution in [0.2, 0.25) is 0 Å². The highest BCUT2D eigenvalue weighted by Crippen LogP contribution is 2.53. The van der Waals surface area contributed by atoms with Gasteiger partial charge in [-0.15, -0.1) is 23.5 Å². The van der Waals surface area contributed by atoms with E-state index in [2.05, 4.69) is 33.8 Å². The molecule has 0 saturated carbocycles. The standard InChI is InChI=1S/C16H30OS2/c1-5-6-11-16(18-12-8-13-19-16)15(4,17)10-7-9-14(2)3/h9,17H,5-8,10-13H2,1-4H3. The summed E-state index contributed by atoms with van der Waals surface area (Å²) in [7, 11) is 0. The van der Waals surface area contributed by atoms with Crippen LogP contribution in [0.1, 0.15) is 66.2 Å². The molecule has 0 spiro atoms. The molecule has 19 heavy (non-hydrogen) atoms. The highest BCUT2D eigenvalue weighted by Gasteiger charge is 2.47. The zero-order chi connectivity index (χ0) is 14.4. The molecule has 1 N–H and O–H groups in total. The van der Waals surface area contributed by atoms with Gasteiger partial charge in [-0.2, -0.15) is 0 Å². The van der Waals surface area contributed by atoms with Gasteiger partial charge in [-0.3, -0.25) is 0 Å². The summed E-state index contributed by atoms with van der Waals surface area (Å²) >= 11 is 4.02. The Labute approximate surface area is 128 Å². The summed E-state index contributed by atoms with van der Waals surface area (Å²) < 4.78 is 0.0245. The Bertz CT molecular complexity index is 287. The van der Waals surface area contributed by atoms with E-state index in [1.807, 2.05) is 23.5 Å². The highest BCUT2D eigenvalue weighted by molar-refractivity contribution is 8.18. The third-order valence-electron chi connectivity index (χ3n) is 3.82. The quantitative estimate of drug-likeness (QED) is 0.649. The Morgan fingerprint density at radius 1 is 1.32 bits per heavy atom. The van der Waals surface area contributed by atoms with Gasteiger partial charge in [0, 0.05) is 0 Å². The van der Waals surface area contributed by atoms with Crippen molar-refractivity contribution in [2.75, 3.05) is 11.5 Å². The second kappa shape index (κ2) is 7.99. The van der Waals surface area contributed by atoms with Crippen LogP contribution in [0.5, 0.6) is 0 Å². The molecule has 1 heterocycles. The summed E-state index contributed by atoms with van der Waals surface area (Å²) in [6.45, 7) is 8.56. The van der Waals surface area contributed by atoms with Crippen molar-refractivity contribution in [1.29, 1.82) is 0 Å². The summed E-state index contributed by atoms with van der Waals surface area (Å²) in [4.78, 5) is 0. The molecule has 1 aliphatic heterocycles. The molecule has 1 atom stereocenters. The molecule has 0 aromatic carbocycles. The normalized spacial score (nSPS) is 21.7. The molecule has 1 fully saturated rings. The van der Waals surface area contributed by atoms with Gasteiger partial charge in [0.2, 0.25) is 0 Å². The van der Waals surface area contributed by atoms with Crippen LogP contribution in [0.3, 0.4) is 0 Å². The highest BCUT2D eigenvalue weighted by atomic mass is 32.2. The van der Waals surface area contributed by atoms with Gasteiger partial charge in [0.15, 0.2) is 0 Å². The minimum atomic E-state index is -0.566. The lowest BCUT2D eigenvalue weighted by molar-refractivity contribution is 0.0359. The van der Waals surface area contributed by atoms with E-state index >= 15 is 0 Å². The van der Waals surface area contributed by atoms with Crippen LogP contribution in [0.4, 0.5) is 0 Å². The van der Waals surface area contributed by atoms with Crippen molar-refractivity contribution in [2.45, 2.75) is 75.9 Å². The number of hydrogen-bond acceptors (Lipinski definition) is 3. The molecule has 0 aliphatic carbocycles. The average molecular weight is 303 g/mol. The van der Waals surface area contributed by atoms with Gasteiger partial charge >= 0.3 is 0 Å². The Morgan fingerprint density at radius 2 is 1.95 bits per heavy atom. The second-order valence-corrected chi connectivity index (χ2v) is 9.05. The number of hydrogen-bond donors (Lipinski definition) is 1. The Balaban J connectivity index is 2.73. The number of allylic oxidation sites excluding steroid dienone is 2. The lowest BCUT2D eigenvalue weighted by atomic mass is 9.91. The first kappa shape index (κ1) is 17.5. The lowest BCUT2D eigenvalue weighted by Crippen LogP contribution is -2.48. The molecule has 0 aromatic rings. The molecule has 1 unspecified atom stereocenters. The van der Waals surface area contributed by atoms with Crippen LogP contribution in [-0.4, -0.2) is 26.3 Å². The molecule has 1 nitrogen and oxygen atoms in total. The Hall–Kier alpha value is 0.400. The predicted octanol–water partition coefficient (Wildman–Crippen LogP) is 5.24. The molecule has 0 radical (unpaired) electrons. The predicted molar refractivity (Wildman–Crippen MR) is 91.1 cm³/mol. The van der Waals surface area contributed by atoms with Gasteiger partial charge < -0.3 is 5.11 Å². The number of aliphatic hydroxyl groups is 1. The van der Waals surface area contributed by atoms with Crippen LogP contribution in [0.25, 0.3) is 0 Å². The number of rotatable bonds is 7. The molecule has 1 rings (SSSR count). The average Bonchev–Trinajstić information content (AvgIpc) is 2.36. The van der Waals surface area contributed by atoms with E-state index in [0.29, 0.717) is 0 Å². The number of unbranched alkanes of at least 4 members (excludes halogenated alkanes) is 1. The van der Waals surface area contributed by atoms with Crippen LogP contribution in [-0.2, 0) is 0 Å². The maximum Gasteiger partial charge on any atom is 0.0893 e. The Kier molecular flexibility index (Phi) is 7.34. The first-order valence-electron chi connectivity index (χ1n) is 7.57. The van der Waals surface area contributed by atoms with Gasteiger partial charge in [-0.05, 0) is 58.0 Å². The molecular weight excluding hydrogens is 272 g/mol. The SMILES string of the molecule is CCCCC1(C(C)(O)CCC=C(C)C)SCCCS1. The smallest absolute Gasteiger partial charge is 0.0893 e. The van der Waals surface area contributed by atoms with E-state index < -0.39 is 5.60 Å². The summed E-state index contributed by atoms with van der Waals surface area (Å²) in [6, 6.07) is 0. The van der Waals surface area contributed by atoms with Crippen molar-refractivity contribution in [2.24, 2.45) is 0 Å². The fourth-order valence-corrected chi connectivity index (χ4v) is 6.20. The molecule has 1 aliphatic rings. The fourth-order valence-electron chi connectivity index (χ4n) is 2.54. The zero-order valence-corrected chi connectivity index (χ0v) is 14.6. The monoisotopic (exact) mass is 302 g/mol. The second-order valence-electron chi connectivity index (χ2n) is 6.00. The van der Waals surface area contributed by atoms with E-state index in [4.69, 9.17) is 0 Å². The summed E-state index contributed by atoms with van der Waals surface area (Å²) in [5.41, 5.74) is 0.784. The maximum atomic E-state index is 11.1. The summed E-state index contributed by atoms with van der Waals surface area (Å²) in [5, 5.41) is 11.1. The molecule has 0 bridgehead atoms. The first-order chi connectivity index (χ1) is 8.93. The first-order valence-corrected chi connectivity index (χ1v) is 9.54. The molecule has 1 saturated heterocycles. The van der Waals surface area contributed by atoms with Crippen molar-refractivity contribution < 1.29 is 5.11 Å². The van der Waals surface area contributed by atoms with Crippen LogP contribution in [0.15, 0.2) is 11.6 Å². The van der Waals surface area contributed by atoms with Crippen LogP contribution >= 0.6 is 23.5 Å². The van der Waals surface area contributed by atoms with Crippen molar-refractivity contribution >= 4 is 23.5 Å². The number of thioether (sulfide) groups is 2. The van der Waals surface area contributed by atoms with Crippen LogP contribution in [0, 0.1) is 0 Å². The molecule has 0 aromatic heterocycles. The topological polar surface area (TPSA) is 20.2 Å². The molecular formula is C16H30OS2. The van der Waals surface area contributed by atoms with Gasteiger partial charge in [-0.1, -0.05) is 31.4 Å². The molecule has 0 amide bonds. The molecule has 112 valence electrons. The minimum Gasteiger partial charge on any atom is -0.388 e. The summed E-state index contributed by atoms with van der Waals surface area (Å²) in [5.74, 6) is 2.41. The van der Waals surface area contributed by atoms with Crippen LogP contribution < -0.4 is 0 Å². The zero-order valence-electron chi connectivity index (χ0n) is 13.0. The fraction of sp³-hybridized carbons (Fsp3) is 0.875. The van der Waals surface area contributed by atoms with Crippen molar-refractivity contribution in [3.8, 4) is 0 Å². The van der Waals surface area contributed by atoms with E-state index in [0.717, 1.165) is 19.3 Å². The van der Waals surface area contributed by atoms with Gasteiger partial charge in [0.1, 0.15) is 0 Å². The lowest BCUT2D eigenvalue weighted by Gasteiger charge is -2.47. The minimum absolute atomic E-state index is 0.0245. The maximum absolute atomic E-state index is 11.1. The van der Waals surface area contributed by atoms with E-state index in [-0.39, 0.29) is 4.08 Å². The molecule has 3 heteroatoms. The summed E-state index contributed by atoms with van der Waals surface area (Å²) in [6.07, 6.45) is 8.98. The van der Waals surface area contributed by atoms with Crippen molar-refractivity contribution in [3.05, 3.63) is 11.6 Å². The van der Waals surface area contributed by atoms with E-state index in [1.54, 1.807) is 0 Å². The van der Waals surface area contributed by atoms with Crippen molar-refractivity contribution in [1.82, 2.24) is 0 Å². The van der Waals surface area contributed by atoms with E-state index in [9.17, 15) is 5.11 Å². The van der Waals surface area contributed by atoms with Gasteiger partial charge in [0.25, 0.3) is 0 Å². The van der Waals surface area contributed by atoms with Gasteiger partial charge in [-0.25, -0.2) is 0 Å². The third-order valence-corrected chi connectivity index (χ3v) is 7.74. The van der Waals surface area contributed by atoms with E-state index in [1.165, 1.54) is 36.3 Å². The largest absolute Gasteiger partial charge is 0.388 e. The third kappa shape index (κ3) is 5.02. The van der Waals surface area contributed by atoms with Crippen molar-refractivity contribution in [3.63, 3.8) is 0 Å². The Morgan fingerprint density at radius 3 is 2.47 bits per heavy atom. The van der Waals surface area contributed by atoms with Gasteiger partial charge in [0.05, 0.1) is 9.68 Å².